The summed E-state index contributed by atoms with van der Waals surface area (Å²) < 4.78 is 5.76. The molecule has 1 aliphatic rings. The zero-order chi connectivity index (χ0) is 16.4. The normalized spacial score (nSPS) is 18.9. The van der Waals surface area contributed by atoms with Crippen molar-refractivity contribution in [2.24, 2.45) is 0 Å². The number of hydrogen-bond acceptors (Lipinski definition) is 3. The molecule has 0 bridgehead atoms. The van der Waals surface area contributed by atoms with E-state index in [0.717, 1.165) is 19.4 Å². The van der Waals surface area contributed by atoms with E-state index in [2.05, 4.69) is 11.4 Å². The minimum absolute atomic E-state index is 0.00442. The van der Waals surface area contributed by atoms with E-state index in [0.29, 0.717) is 15.8 Å². The molecule has 6 heteroatoms. The van der Waals surface area contributed by atoms with E-state index in [1.807, 2.05) is 10.3 Å². The molecule has 23 heavy (non-hydrogen) atoms. The third-order valence-electron chi connectivity index (χ3n) is 4.02. The average Bonchev–Trinajstić information content (AvgIpc) is 3.20. The number of rotatable bonds is 4. The largest absolute Gasteiger partial charge is 0.481 e. The third kappa shape index (κ3) is 3.65. The highest BCUT2D eigenvalue weighted by Crippen LogP contribution is 2.34. The fraction of sp³-hybridized carbons (Fsp3) is 0.353. The fourth-order valence-corrected chi connectivity index (χ4v) is 3.88. The Morgan fingerprint density at radius 3 is 2.87 bits per heavy atom. The number of thiophene rings is 1. The second-order valence-electron chi connectivity index (χ2n) is 5.58. The van der Waals surface area contributed by atoms with Crippen LogP contribution in [0.25, 0.3) is 0 Å². The van der Waals surface area contributed by atoms with Crippen molar-refractivity contribution in [3.63, 3.8) is 0 Å². The minimum Gasteiger partial charge on any atom is -0.481 e. The highest BCUT2D eigenvalue weighted by atomic mass is 35.5. The Bertz CT molecular complexity index is 690. The number of halogens is 2. The van der Waals surface area contributed by atoms with Gasteiger partial charge in [-0.05, 0) is 54.3 Å². The number of carbonyl (C=O) groups is 1. The first kappa shape index (κ1) is 16.6. The zero-order valence-corrected chi connectivity index (χ0v) is 15.0. The van der Waals surface area contributed by atoms with Crippen LogP contribution in [0.3, 0.4) is 0 Å². The number of ether oxygens (including phenoxy) is 1. The lowest BCUT2D eigenvalue weighted by Gasteiger charge is -2.27. The maximum Gasteiger partial charge on any atom is 0.263 e. The lowest BCUT2D eigenvalue weighted by molar-refractivity contribution is -0.138. The fourth-order valence-electron chi connectivity index (χ4n) is 2.88. The van der Waals surface area contributed by atoms with Gasteiger partial charge in [-0.25, -0.2) is 0 Å². The molecule has 0 radical (unpaired) electrons. The SMILES string of the molecule is CC(Oc1ccc(Cl)c(Cl)c1)C(=O)N1CCCC1c1ccsc1. The van der Waals surface area contributed by atoms with Crippen LogP contribution in [0.15, 0.2) is 35.0 Å². The van der Waals surface area contributed by atoms with Gasteiger partial charge in [0.15, 0.2) is 6.10 Å². The van der Waals surface area contributed by atoms with Gasteiger partial charge in [-0.15, -0.1) is 0 Å². The highest BCUT2D eigenvalue weighted by Gasteiger charge is 2.33. The van der Waals surface area contributed by atoms with Crippen LogP contribution in [-0.2, 0) is 4.79 Å². The molecule has 1 amide bonds. The molecule has 2 aromatic rings. The molecular weight excluding hydrogens is 353 g/mol. The summed E-state index contributed by atoms with van der Waals surface area (Å²) >= 11 is 13.5. The van der Waals surface area contributed by atoms with Crippen LogP contribution in [0, 0.1) is 0 Å². The number of hydrogen-bond donors (Lipinski definition) is 0. The molecule has 0 N–H and O–H groups in total. The van der Waals surface area contributed by atoms with Crippen molar-refractivity contribution >= 4 is 40.4 Å². The second kappa shape index (κ2) is 7.12. The maximum absolute atomic E-state index is 12.8. The summed E-state index contributed by atoms with van der Waals surface area (Å²) in [6.45, 7) is 2.54. The molecule has 2 heterocycles. The summed E-state index contributed by atoms with van der Waals surface area (Å²) in [5.41, 5.74) is 1.21. The van der Waals surface area contributed by atoms with Crippen LogP contribution in [0.1, 0.15) is 31.4 Å². The zero-order valence-electron chi connectivity index (χ0n) is 12.7. The summed E-state index contributed by atoms with van der Waals surface area (Å²) in [5.74, 6) is 0.552. The van der Waals surface area contributed by atoms with E-state index in [1.54, 1.807) is 36.5 Å². The van der Waals surface area contributed by atoms with Crippen molar-refractivity contribution in [3.8, 4) is 5.75 Å². The van der Waals surface area contributed by atoms with Crippen molar-refractivity contribution in [2.45, 2.75) is 31.9 Å². The number of benzene rings is 1. The number of nitrogens with zero attached hydrogens (tertiary/aromatic N) is 1. The van der Waals surface area contributed by atoms with Gasteiger partial charge in [-0.1, -0.05) is 23.2 Å². The van der Waals surface area contributed by atoms with Gasteiger partial charge >= 0.3 is 0 Å². The standard InChI is InChI=1S/C17H17Cl2NO2S/c1-11(22-13-4-5-14(18)15(19)9-13)17(21)20-7-2-3-16(20)12-6-8-23-10-12/h4-6,8-11,16H,2-3,7H2,1H3. The van der Waals surface area contributed by atoms with Crippen LogP contribution in [0.4, 0.5) is 0 Å². The van der Waals surface area contributed by atoms with Crippen molar-refractivity contribution < 1.29 is 9.53 Å². The third-order valence-corrected chi connectivity index (χ3v) is 5.46. The predicted octanol–water partition coefficient (Wildman–Crippen LogP) is 5.19. The predicted molar refractivity (Wildman–Crippen MR) is 94.6 cm³/mol. The van der Waals surface area contributed by atoms with Gasteiger partial charge in [0.2, 0.25) is 0 Å². The van der Waals surface area contributed by atoms with Gasteiger partial charge in [0.05, 0.1) is 16.1 Å². The number of likely N-dealkylation sites (tertiary alicyclic amines) is 1. The number of carbonyl (C=O) groups excluding carboxylic acids is 1. The molecular formula is C17H17Cl2NO2S. The topological polar surface area (TPSA) is 29.5 Å². The molecule has 1 fully saturated rings. The summed E-state index contributed by atoms with van der Waals surface area (Å²) in [6, 6.07) is 7.27. The Balaban J connectivity index is 1.70. The molecule has 1 saturated heterocycles. The van der Waals surface area contributed by atoms with E-state index in [1.165, 1.54) is 5.56 Å². The molecule has 1 aromatic heterocycles. The quantitative estimate of drug-likeness (QED) is 0.742. The Morgan fingerprint density at radius 1 is 1.35 bits per heavy atom. The molecule has 2 unspecified atom stereocenters. The summed E-state index contributed by atoms with van der Waals surface area (Å²) in [5, 5.41) is 5.04. The van der Waals surface area contributed by atoms with Crippen LogP contribution < -0.4 is 4.74 Å². The average molecular weight is 370 g/mol. The second-order valence-corrected chi connectivity index (χ2v) is 7.18. The van der Waals surface area contributed by atoms with Crippen molar-refractivity contribution in [3.05, 3.63) is 50.6 Å². The van der Waals surface area contributed by atoms with Gasteiger partial charge in [0.1, 0.15) is 5.75 Å². The van der Waals surface area contributed by atoms with Gasteiger partial charge in [0, 0.05) is 12.6 Å². The van der Waals surface area contributed by atoms with Gasteiger partial charge in [-0.3, -0.25) is 4.79 Å². The molecule has 0 aliphatic carbocycles. The summed E-state index contributed by atoms with van der Waals surface area (Å²) in [7, 11) is 0. The number of amides is 1. The Morgan fingerprint density at radius 2 is 2.17 bits per heavy atom. The van der Waals surface area contributed by atoms with E-state index in [9.17, 15) is 4.79 Å². The van der Waals surface area contributed by atoms with Gasteiger partial charge < -0.3 is 9.64 Å². The lowest BCUT2D eigenvalue weighted by Crippen LogP contribution is -2.40. The smallest absolute Gasteiger partial charge is 0.263 e. The molecule has 2 atom stereocenters. The first-order valence-corrected chi connectivity index (χ1v) is 9.20. The molecule has 1 aliphatic heterocycles. The highest BCUT2D eigenvalue weighted by molar-refractivity contribution is 7.08. The van der Waals surface area contributed by atoms with Crippen molar-refractivity contribution in [1.29, 1.82) is 0 Å². The molecule has 122 valence electrons. The Hall–Kier alpha value is -1.23. The van der Waals surface area contributed by atoms with Crippen LogP contribution in [0.2, 0.25) is 10.0 Å². The summed E-state index contributed by atoms with van der Waals surface area (Å²) in [6.07, 6.45) is 1.46. The first-order valence-electron chi connectivity index (χ1n) is 7.50. The minimum atomic E-state index is -0.563. The Kier molecular flexibility index (Phi) is 5.14. The molecule has 3 rings (SSSR count). The summed E-state index contributed by atoms with van der Waals surface area (Å²) in [4.78, 5) is 14.7. The van der Waals surface area contributed by atoms with Gasteiger partial charge in [0.25, 0.3) is 5.91 Å². The van der Waals surface area contributed by atoms with Crippen LogP contribution in [0.5, 0.6) is 5.75 Å². The van der Waals surface area contributed by atoms with E-state index in [-0.39, 0.29) is 11.9 Å². The first-order chi connectivity index (χ1) is 11.1. The van der Waals surface area contributed by atoms with E-state index in [4.69, 9.17) is 27.9 Å². The van der Waals surface area contributed by atoms with Crippen molar-refractivity contribution in [2.75, 3.05) is 6.54 Å². The van der Waals surface area contributed by atoms with Gasteiger partial charge in [-0.2, -0.15) is 11.3 Å². The van der Waals surface area contributed by atoms with E-state index >= 15 is 0 Å². The van der Waals surface area contributed by atoms with Crippen molar-refractivity contribution in [1.82, 2.24) is 4.90 Å². The maximum atomic E-state index is 12.8. The monoisotopic (exact) mass is 369 g/mol. The van der Waals surface area contributed by atoms with Crippen LogP contribution in [-0.4, -0.2) is 23.5 Å². The molecule has 0 saturated carbocycles. The Labute approximate surface area is 149 Å². The molecule has 3 nitrogen and oxygen atoms in total. The van der Waals surface area contributed by atoms with Crippen LogP contribution >= 0.6 is 34.5 Å². The van der Waals surface area contributed by atoms with E-state index < -0.39 is 6.10 Å². The molecule has 1 aromatic carbocycles. The molecule has 0 spiro atoms. The lowest BCUT2D eigenvalue weighted by atomic mass is 10.1.